The second kappa shape index (κ2) is 10.4. The van der Waals surface area contributed by atoms with Crippen LogP contribution in [0, 0.1) is 13.8 Å². The highest BCUT2D eigenvalue weighted by atomic mass is 19.4. The van der Waals surface area contributed by atoms with Crippen LogP contribution in [-0.2, 0) is 9.59 Å². The molecule has 8 nitrogen and oxygen atoms in total. The summed E-state index contributed by atoms with van der Waals surface area (Å²) in [5, 5.41) is 12.9. The van der Waals surface area contributed by atoms with Crippen molar-refractivity contribution in [3.63, 3.8) is 0 Å². The zero-order chi connectivity index (χ0) is 21.3. The first-order chi connectivity index (χ1) is 13.1. The van der Waals surface area contributed by atoms with Crippen LogP contribution in [-0.4, -0.2) is 52.3 Å². The molecule has 0 fully saturated rings. The Morgan fingerprint density at radius 3 is 2.21 bits per heavy atom. The van der Waals surface area contributed by atoms with Gasteiger partial charge in [-0.05, 0) is 38.1 Å². The number of aryl methyl sites for hydroxylation is 1. The normalized spacial score (nSPS) is 10.8. The molecule has 1 aromatic heterocycles. The zero-order valence-corrected chi connectivity index (χ0v) is 15.4. The molecule has 2 rings (SSSR count). The highest BCUT2D eigenvalue weighted by Crippen LogP contribution is 2.16. The summed E-state index contributed by atoms with van der Waals surface area (Å²) in [6.45, 7) is 5.42. The molecule has 0 radical (unpaired) electrons. The van der Waals surface area contributed by atoms with Gasteiger partial charge in [-0.25, -0.2) is 9.78 Å². The molecular formula is C17H22F3N5O3. The molecular weight excluding hydrogens is 379 g/mol. The van der Waals surface area contributed by atoms with E-state index in [4.69, 9.17) is 15.6 Å². The number of nitrogens with zero attached hydrogens (tertiary/aromatic N) is 2. The van der Waals surface area contributed by atoms with Crippen LogP contribution in [0.3, 0.4) is 0 Å². The van der Waals surface area contributed by atoms with Crippen molar-refractivity contribution in [3.8, 4) is 5.69 Å². The lowest BCUT2D eigenvalue weighted by atomic mass is 10.2. The lowest BCUT2D eigenvalue weighted by molar-refractivity contribution is -0.192. The molecule has 0 atom stereocenters. The first kappa shape index (κ1) is 23.1. The molecule has 0 aliphatic carbocycles. The summed E-state index contributed by atoms with van der Waals surface area (Å²) in [6.07, 6.45) is -3.28. The third-order valence-corrected chi connectivity index (χ3v) is 3.53. The summed E-state index contributed by atoms with van der Waals surface area (Å²) in [5.74, 6) is -2.83. The maximum Gasteiger partial charge on any atom is 0.490 e. The summed E-state index contributed by atoms with van der Waals surface area (Å²) in [5.41, 5.74) is 9.26. The van der Waals surface area contributed by atoms with E-state index in [1.807, 2.05) is 42.7 Å². The van der Waals surface area contributed by atoms with Crippen LogP contribution in [0.2, 0.25) is 0 Å². The highest BCUT2D eigenvalue weighted by Gasteiger charge is 2.38. The predicted octanol–water partition coefficient (Wildman–Crippen LogP) is 1.61. The van der Waals surface area contributed by atoms with E-state index >= 15 is 0 Å². The first-order valence-corrected chi connectivity index (χ1v) is 8.18. The fourth-order valence-electron chi connectivity index (χ4n) is 1.97. The maximum absolute atomic E-state index is 11.7. The number of carbonyl (C=O) groups is 2. The summed E-state index contributed by atoms with van der Waals surface area (Å²) < 4.78 is 33.8. The lowest BCUT2D eigenvalue weighted by Gasteiger charge is -2.09. The molecule has 11 heteroatoms. The monoisotopic (exact) mass is 401 g/mol. The Hall–Kier alpha value is -2.92. The number of halogens is 3. The topological polar surface area (TPSA) is 122 Å². The van der Waals surface area contributed by atoms with Crippen LogP contribution in [0.5, 0.6) is 0 Å². The third-order valence-electron chi connectivity index (χ3n) is 3.53. The number of nitrogens with two attached hydrogens (primary N) is 1. The SMILES string of the molecule is Cc1ncn(-c2ccc(NC(=O)CNCCN)cc2)c1C.O=C(O)C(F)(F)F. The molecule has 154 valence electrons. The number of carboxylic acid groups (broad SMARTS) is 1. The van der Waals surface area contributed by atoms with Crippen LogP contribution in [0.15, 0.2) is 30.6 Å². The predicted molar refractivity (Wildman–Crippen MR) is 97.3 cm³/mol. The van der Waals surface area contributed by atoms with Gasteiger partial charge >= 0.3 is 12.1 Å². The number of amides is 1. The Bertz CT molecular complexity index is 788. The molecule has 0 saturated heterocycles. The number of carbonyl (C=O) groups excluding carboxylic acids is 1. The fourth-order valence-corrected chi connectivity index (χ4v) is 1.97. The first-order valence-electron chi connectivity index (χ1n) is 8.18. The highest BCUT2D eigenvalue weighted by molar-refractivity contribution is 5.92. The van der Waals surface area contributed by atoms with Gasteiger partial charge in [0.1, 0.15) is 0 Å². The molecule has 0 saturated carbocycles. The Labute approximate surface area is 159 Å². The summed E-state index contributed by atoms with van der Waals surface area (Å²) in [4.78, 5) is 24.8. The standard InChI is InChI=1S/C15H21N5O.C2HF3O2/c1-11-12(2)20(10-18-11)14-5-3-13(4-6-14)19-15(21)9-17-8-7-16;3-2(4,5)1(6)7/h3-6,10,17H,7-9,16H2,1-2H3,(H,19,21);(H,6,7). The number of carboxylic acids is 1. The zero-order valence-electron chi connectivity index (χ0n) is 15.4. The molecule has 2 aromatic rings. The summed E-state index contributed by atoms with van der Waals surface area (Å²) in [7, 11) is 0. The number of rotatable bonds is 6. The molecule has 0 bridgehead atoms. The van der Waals surface area contributed by atoms with Crippen molar-refractivity contribution in [2.24, 2.45) is 5.73 Å². The smallest absolute Gasteiger partial charge is 0.475 e. The number of nitrogens with one attached hydrogen (secondary N) is 2. The minimum absolute atomic E-state index is 0.0779. The molecule has 0 unspecified atom stereocenters. The van der Waals surface area contributed by atoms with Crippen molar-refractivity contribution in [1.29, 1.82) is 0 Å². The van der Waals surface area contributed by atoms with Gasteiger partial charge in [0, 0.05) is 30.2 Å². The quantitative estimate of drug-likeness (QED) is 0.546. The summed E-state index contributed by atoms with van der Waals surface area (Å²) >= 11 is 0. The van der Waals surface area contributed by atoms with Gasteiger partial charge < -0.3 is 26.0 Å². The molecule has 0 spiro atoms. The lowest BCUT2D eigenvalue weighted by Crippen LogP contribution is -2.31. The van der Waals surface area contributed by atoms with Crippen LogP contribution in [0.4, 0.5) is 18.9 Å². The van der Waals surface area contributed by atoms with E-state index in [0.717, 1.165) is 22.8 Å². The number of hydrogen-bond donors (Lipinski definition) is 4. The van der Waals surface area contributed by atoms with Crippen LogP contribution < -0.4 is 16.4 Å². The van der Waals surface area contributed by atoms with E-state index in [9.17, 15) is 18.0 Å². The average molecular weight is 401 g/mol. The molecule has 1 heterocycles. The second-order valence-electron chi connectivity index (χ2n) is 5.65. The van der Waals surface area contributed by atoms with E-state index in [1.165, 1.54) is 0 Å². The van der Waals surface area contributed by atoms with E-state index in [0.29, 0.717) is 13.1 Å². The van der Waals surface area contributed by atoms with Gasteiger partial charge in [0.15, 0.2) is 0 Å². The number of alkyl halides is 3. The van der Waals surface area contributed by atoms with Gasteiger partial charge in [0.05, 0.1) is 18.6 Å². The molecule has 0 aliphatic rings. The number of anilines is 1. The van der Waals surface area contributed by atoms with Crippen LogP contribution >= 0.6 is 0 Å². The number of aromatic nitrogens is 2. The van der Waals surface area contributed by atoms with Crippen molar-refractivity contribution >= 4 is 17.6 Å². The Morgan fingerprint density at radius 1 is 1.21 bits per heavy atom. The van der Waals surface area contributed by atoms with Gasteiger partial charge in [0.25, 0.3) is 0 Å². The average Bonchev–Trinajstić information content (AvgIpc) is 2.95. The van der Waals surface area contributed by atoms with Crippen molar-refractivity contribution in [2.45, 2.75) is 20.0 Å². The fraction of sp³-hybridized carbons (Fsp3) is 0.353. The van der Waals surface area contributed by atoms with Gasteiger partial charge in [0.2, 0.25) is 5.91 Å². The molecule has 1 amide bonds. The number of aliphatic carboxylic acids is 1. The maximum atomic E-state index is 11.7. The van der Waals surface area contributed by atoms with E-state index in [1.54, 1.807) is 6.33 Å². The Kier molecular flexibility index (Phi) is 8.61. The van der Waals surface area contributed by atoms with Crippen LogP contribution in [0.1, 0.15) is 11.4 Å². The third kappa shape index (κ3) is 7.37. The molecule has 28 heavy (non-hydrogen) atoms. The van der Waals surface area contributed by atoms with Gasteiger partial charge in [-0.2, -0.15) is 13.2 Å². The summed E-state index contributed by atoms with van der Waals surface area (Å²) in [6, 6.07) is 7.67. The van der Waals surface area contributed by atoms with Crippen LogP contribution in [0.25, 0.3) is 5.69 Å². The van der Waals surface area contributed by atoms with Gasteiger partial charge in [-0.3, -0.25) is 4.79 Å². The van der Waals surface area contributed by atoms with Gasteiger partial charge in [-0.1, -0.05) is 0 Å². The van der Waals surface area contributed by atoms with E-state index in [-0.39, 0.29) is 12.5 Å². The van der Waals surface area contributed by atoms with Crippen molar-refractivity contribution in [1.82, 2.24) is 14.9 Å². The Balaban J connectivity index is 0.000000480. The largest absolute Gasteiger partial charge is 0.490 e. The molecule has 0 aliphatic heterocycles. The second-order valence-corrected chi connectivity index (χ2v) is 5.65. The minimum Gasteiger partial charge on any atom is -0.475 e. The molecule has 5 N–H and O–H groups in total. The number of hydrogen-bond acceptors (Lipinski definition) is 5. The van der Waals surface area contributed by atoms with Crippen molar-refractivity contribution < 1.29 is 27.9 Å². The van der Waals surface area contributed by atoms with E-state index < -0.39 is 12.1 Å². The van der Waals surface area contributed by atoms with E-state index in [2.05, 4.69) is 15.6 Å². The number of imidazole rings is 1. The minimum atomic E-state index is -5.08. The number of benzene rings is 1. The Morgan fingerprint density at radius 2 is 1.79 bits per heavy atom. The van der Waals surface area contributed by atoms with Gasteiger partial charge in [-0.15, -0.1) is 0 Å². The van der Waals surface area contributed by atoms with Crippen molar-refractivity contribution in [3.05, 3.63) is 42.0 Å². The van der Waals surface area contributed by atoms with Crippen molar-refractivity contribution in [2.75, 3.05) is 25.0 Å². The molecule has 1 aromatic carbocycles.